The number of hydrogen-bond donors (Lipinski definition) is 1. The molecule has 0 aromatic carbocycles. The molecule has 1 fully saturated rings. The van der Waals surface area contributed by atoms with Crippen LogP contribution in [-0.2, 0) is 0 Å². The Morgan fingerprint density at radius 2 is 2.10 bits per heavy atom. The molecule has 1 aromatic rings. The first-order valence-corrected chi connectivity index (χ1v) is 8.57. The molecule has 2 heterocycles. The Morgan fingerprint density at radius 3 is 2.67 bits per heavy atom. The van der Waals surface area contributed by atoms with Gasteiger partial charge in [0.1, 0.15) is 0 Å². The van der Waals surface area contributed by atoms with Crippen LogP contribution in [-0.4, -0.2) is 35.6 Å². The molecule has 1 N–H and O–H groups in total. The van der Waals surface area contributed by atoms with Gasteiger partial charge in [0.05, 0.1) is 0 Å². The minimum Gasteiger partial charge on any atom is -0.307 e. The molecule has 0 radical (unpaired) electrons. The van der Waals surface area contributed by atoms with E-state index in [1.54, 1.807) is 0 Å². The Balaban J connectivity index is 1.91. The first-order valence-electron chi connectivity index (χ1n) is 8.57. The lowest BCUT2D eigenvalue weighted by molar-refractivity contribution is 0.187. The van der Waals surface area contributed by atoms with Gasteiger partial charge in [0, 0.05) is 24.5 Å². The zero-order valence-electron chi connectivity index (χ0n) is 13.9. The molecule has 1 atom stereocenters. The zero-order chi connectivity index (χ0) is 15.1. The second-order valence-electron chi connectivity index (χ2n) is 6.75. The summed E-state index contributed by atoms with van der Waals surface area (Å²) < 4.78 is 0. The average molecular weight is 289 g/mol. The highest BCUT2D eigenvalue weighted by atomic mass is 15.1. The number of pyridine rings is 1. The Bertz CT molecular complexity index is 383. The average Bonchev–Trinajstić information content (AvgIpc) is 2.49. The maximum atomic E-state index is 4.29. The van der Waals surface area contributed by atoms with E-state index in [1.165, 1.54) is 50.9 Å². The van der Waals surface area contributed by atoms with Crippen molar-refractivity contribution < 1.29 is 0 Å². The third-order valence-corrected chi connectivity index (χ3v) is 4.36. The molecular formula is C18H31N3. The van der Waals surface area contributed by atoms with Gasteiger partial charge in [0.2, 0.25) is 0 Å². The van der Waals surface area contributed by atoms with E-state index in [1.807, 2.05) is 18.5 Å². The number of rotatable bonds is 7. The number of piperidine rings is 1. The molecule has 21 heavy (non-hydrogen) atoms. The number of aromatic nitrogens is 1. The van der Waals surface area contributed by atoms with Crippen molar-refractivity contribution in [3.63, 3.8) is 0 Å². The van der Waals surface area contributed by atoms with E-state index in [4.69, 9.17) is 0 Å². The lowest BCUT2D eigenvalue weighted by Gasteiger charge is -2.35. The predicted molar refractivity (Wildman–Crippen MR) is 89.3 cm³/mol. The van der Waals surface area contributed by atoms with E-state index < -0.39 is 0 Å². The number of nitrogens with zero attached hydrogens (tertiary/aromatic N) is 2. The number of hydrogen-bond acceptors (Lipinski definition) is 3. The highest BCUT2D eigenvalue weighted by Crippen LogP contribution is 2.23. The fourth-order valence-corrected chi connectivity index (χ4v) is 3.28. The van der Waals surface area contributed by atoms with Crippen LogP contribution < -0.4 is 5.32 Å². The summed E-state index contributed by atoms with van der Waals surface area (Å²) in [5, 5.41) is 3.90. The minimum absolute atomic E-state index is 0.446. The molecule has 1 saturated heterocycles. The van der Waals surface area contributed by atoms with Crippen LogP contribution >= 0.6 is 0 Å². The molecule has 3 heteroatoms. The summed E-state index contributed by atoms with van der Waals surface area (Å²) in [7, 11) is 0. The Hall–Kier alpha value is -0.930. The highest BCUT2D eigenvalue weighted by Gasteiger charge is 2.22. The SMILES string of the molecule is CCCN1CCC(NC(CC(C)C)c2cccnc2)CC1. The Labute approximate surface area is 130 Å². The fraction of sp³-hybridized carbons (Fsp3) is 0.722. The Kier molecular flexibility index (Phi) is 6.65. The summed E-state index contributed by atoms with van der Waals surface area (Å²) in [6.45, 7) is 10.6. The van der Waals surface area contributed by atoms with Gasteiger partial charge in [-0.25, -0.2) is 0 Å². The minimum atomic E-state index is 0.446. The molecule has 0 bridgehead atoms. The molecule has 0 spiro atoms. The Morgan fingerprint density at radius 1 is 1.33 bits per heavy atom. The summed E-state index contributed by atoms with van der Waals surface area (Å²) >= 11 is 0. The fourth-order valence-electron chi connectivity index (χ4n) is 3.28. The van der Waals surface area contributed by atoms with Gasteiger partial charge in [0.15, 0.2) is 0 Å². The maximum absolute atomic E-state index is 4.29. The highest BCUT2D eigenvalue weighted by molar-refractivity contribution is 5.14. The van der Waals surface area contributed by atoms with Crippen LogP contribution in [0.4, 0.5) is 0 Å². The molecule has 2 rings (SSSR count). The largest absolute Gasteiger partial charge is 0.307 e. The molecule has 1 aliphatic rings. The van der Waals surface area contributed by atoms with E-state index in [0.29, 0.717) is 18.0 Å². The van der Waals surface area contributed by atoms with Gasteiger partial charge < -0.3 is 10.2 Å². The summed E-state index contributed by atoms with van der Waals surface area (Å²) in [6, 6.07) is 5.36. The van der Waals surface area contributed by atoms with Crippen molar-refractivity contribution in [1.29, 1.82) is 0 Å². The zero-order valence-corrected chi connectivity index (χ0v) is 13.9. The molecule has 0 saturated carbocycles. The monoisotopic (exact) mass is 289 g/mol. The first-order chi connectivity index (χ1) is 10.2. The van der Waals surface area contributed by atoms with Crippen molar-refractivity contribution in [3.8, 4) is 0 Å². The molecule has 1 aliphatic heterocycles. The van der Waals surface area contributed by atoms with Gasteiger partial charge in [-0.1, -0.05) is 26.8 Å². The van der Waals surface area contributed by atoms with Crippen LogP contribution in [0.25, 0.3) is 0 Å². The smallest absolute Gasteiger partial charge is 0.0340 e. The topological polar surface area (TPSA) is 28.2 Å². The number of likely N-dealkylation sites (tertiary alicyclic amines) is 1. The second kappa shape index (κ2) is 8.50. The lowest BCUT2D eigenvalue weighted by atomic mass is 9.95. The molecule has 3 nitrogen and oxygen atoms in total. The predicted octanol–water partition coefficient (Wildman–Crippen LogP) is 3.63. The summed E-state index contributed by atoms with van der Waals surface area (Å²) in [4.78, 5) is 6.89. The third kappa shape index (κ3) is 5.40. The van der Waals surface area contributed by atoms with Crippen LogP contribution in [0.5, 0.6) is 0 Å². The maximum Gasteiger partial charge on any atom is 0.0340 e. The summed E-state index contributed by atoms with van der Waals surface area (Å²) in [5.74, 6) is 0.697. The molecule has 0 aliphatic carbocycles. The second-order valence-corrected chi connectivity index (χ2v) is 6.75. The van der Waals surface area contributed by atoms with E-state index >= 15 is 0 Å². The molecule has 1 unspecified atom stereocenters. The summed E-state index contributed by atoms with van der Waals surface area (Å²) in [6.07, 6.45) is 8.87. The van der Waals surface area contributed by atoms with Gasteiger partial charge in [0.25, 0.3) is 0 Å². The normalized spacial score (nSPS) is 19.0. The van der Waals surface area contributed by atoms with Gasteiger partial charge in [-0.15, -0.1) is 0 Å². The lowest BCUT2D eigenvalue weighted by Crippen LogP contribution is -2.44. The standard InChI is InChI=1S/C18H31N3/c1-4-10-21-11-7-17(8-12-21)20-18(13-15(2)3)16-6-5-9-19-14-16/h5-6,9,14-15,17-18,20H,4,7-8,10-13H2,1-3H3. The molecule has 1 aromatic heterocycles. The van der Waals surface area contributed by atoms with Crippen molar-refractivity contribution >= 4 is 0 Å². The van der Waals surface area contributed by atoms with Crippen molar-refractivity contribution in [2.45, 2.75) is 58.5 Å². The quantitative estimate of drug-likeness (QED) is 0.831. The van der Waals surface area contributed by atoms with Gasteiger partial charge >= 0.3 is 0 Å². The van der Waals surface area contributed by atoms with Crippen LogP contribution in [0.15, 0.2) is 24.5 Å². The van der Waals surface area contributed by atoms with Crippen molar-refractivity contribution in [2.75, 3.05) is 19.6 Å². The number of nitrogens with one attached hydrogen (secondary N) is 1. The van der Waals surface area contributed by atoms with E-state index in [2.05, 4.69) is 42.0 Å². The van der Waals surface area contributed by atoms with Crippen molar-refractivity contribution in [3.05, 3.63) is 30.1 Å². The van der Waals surface area contributed by atoms with E-state index in [9.17, 15) is 0 Å². The van der Waals surface area contributed by atoms with Gasteiger partial charge in [-0.3, -0.25) is 4.98 Å². The van der Waals surface area contributed by atoms with Gasteiger partial charge in [-0.2, -0.15) is 0 Å². The van der Waals surface area contributed by atoms with Crippen molar-refractivity contribution in [1.82, 2.24) is 15.2 Å². The van der Waals surface area contributed by atoms with Crippen LogP contribution in [0.2, 0.25) is 0 Å². The molecule has 0 amide bonds. The third-order valence-electron chi connectivity index (χ3n) is 4.36. The molecular weight excluding hydrogens is 258 g/mol. The first kappa shape index (κ1) is 16.4. The summed E-state index contributed by atoms with van der Waals surface area (Å²) in [5.41, 5.74) is 1.34. The van der Waals surface area contributed by atoms with E-state index in [0.717, 1.165) is 0 Å². The van der Waals surface area contributed by atoms with Gasteiger partial charge in [-0.05, 0) is 62.9 Å². The van der Waals surface area contributed by atoms with Crippen LogP contribution in [0.1, 0.15) is 58.1 Å². The van der Waals surface area contributed by atoms with E-state index in [-0.39, 0.29) is 0 Å². The van der Waals surface area contributed by atoms with Crippen molar-refractivity contribution in [2.24, 2.45) is 5.92 Å². The van der Waals surface area contributed by atoms with Crippen LogP contribution in [0, 0.1) is 5.92 Å². The molecule has 118 valence electrons. The van der Waals surface area contributed by atoms with Crippen LogP contribution in [0.3, 0.4) is 0 Å².